The van der Waals surface area contributed by atoms with E-state index in [0.717, 1.165) is 22.3 Å². The van der Waals surface area contributed by atoms with E-state index in [1.807, 2.05) is 32.9 Å². The quantitative estimate of drug-likeness (QED) is 0.626. The normalized spacial score (nSPS) is 16.8. The molecule has 1 heterocycles. The molecule has 2 aromatic rings. The van der Waals surface area contributed by atoms with E-state index in [9.17, 15) is 14.4 Å². The fourth-order valence-corrected chi connectivity index (χ4v) is 3.63. The van der Waals surface area contributed by atoms with Crippen molar-refractivity contribution in [1.82, 2.24) is 4.98 Å². The molecule has 4 nitrogen and oxygen atoms in total. The van der Waals surface area contributed by atoms with Crippen molar-refractivity contribution >= 4 is 17.3 Å². The average molecular weight is 347 g/mol. The first kappa shape index (κ1) is 17.9. The molecule has 1 unspecified atom stereocenters. The predicted octanol–water partition coefficient (Wildman–Crippen LogP) is 3.61. The number of nitrogens with zero attached hydrogens (tertiary/aromatic N) is 1. The molecule has 1 aliphatic carbocycles. The van der Waals surface area contributed by atoms with E-state index < -0.39 is 5.92 Å². The molecule has 0 saturated heterocycles. The number of hydrogen-bond donors (Lipinski definition) is 0. The molecule has 0 aliphatic heterocycles. The van der Waals surface area contributed by atoms with Crippen LogP contribution in [-0.2, 0) is 16.0 Å². The van der Waals surface area contributed by atoms with E-state index in [1.165, 1.54) is 19.2 Å². The Hall–Kier alpha value is -2.88. The predicted molar refractivity (Wildman–Crippen MR) is 99.4 cm³/mol. The Kier molecular flexibility index (Phi) is 4.68. The summed E-state index contributed by atoms with van der Waals surface area (Å²) in [6.07, 6.45) is 3.25. The van der Waals surface area contributed by atoms with Crippen molar-refractivity contribution in [3.63, 3.8) is 0 Å². The highest BCUT2D eigenvalue weighted by molar-refractivity contribution is 6.25. The lowest BCUT2D eigenvalue weighted by atomic mass is 9.85. The molecule has 0 bridgehead atoms. The third-order valence-electron chi connectivity index (χ3n) is 4.81. The topological polar surface area (TPSA) is 64.1 Å². The van der Waals surface area contributed by atoms with Gasteiger partial charge in [0.15, 0.2) is 17.3 Å². The van der Waals surface area contributed by atoms with Gasteiger partial charge in [-0.1, -0.05) is 17.7 Å². The third kappa shape index (κ3) is 3.27. The number of rotatable bonds is 4. The van der Waals surface area contributed by atoms with Gasteiger partial charge in [0.05, 0.1) is 0 Å². The Balaban J connectivity index is 1.87. The van der Waals surface area contributed by atoms with Crippen molar-refractivity contribution < 1.29 is 14.4 Å². The van der Waals surface area contributed by atoms with Gasteiger partial charge >= 0.3 is 0 Å². The number of aromatic nitrogens is 1. The van der Waals surface area contributed by atoms with Gasteiger partial charge in [0.2, 0.25) is 0 Å². The standard InChI is InChI=1S/C22H21NO3/c1-12-7-13(2)20(14(3)8-12)21-19(25)10-17(22(21)26)9-18-6-5-16(11-23-18)15(4)24/h5-8,10-11,21H,9H2,1-4H3. The number of pyridine rings is 1. The van der Waals surface area contributed by atoms with Gasteiger partial charge in [-0.15, -0.1) is 0 Å². The van der Waals surface area contributed by atoms with Crippen molar-refractivity contribution in [3.05, 3.63) is 75.6 Å². The number of benzene rings is 1. The van der Waals surface area contributed by atoms with Crippen molar-refractivity contribution in [3.8, 4) is 0 Å². The van der Waals surface area contributed by atoms with Gasteiger partial charge in [0, 0.05) is 29.4 Å². The zero-order valence-corrected chi connectivity index (χ0v) is 15.4. The molecule has 1 aromatic heterocycles. The van der Waals surface area contributed by atoms with Crippen LogP contribution in [0.15, 0.2) is 42.1 Å². The molecule has 1 atom stereocenters. The summed E-state index contributed by atoms with van der Waals surface area (Å²) >= 11 is 0. The molecular formula is C22H21NO3. The van der Waals surface area contributed by atoms with Crippen LogP contribution < -0.4 is 0 Å². The second kappa shape index (κ2) is 6.79. The van der Waals surface area contributed by atoms with E-state index in [1.54, 1.807) is 12.1 Å². The van der Waals surface area contributed by atoms with Crippen LogP contribution in [0.4, 0.5) is 0 Å². The summed E-state index contributed by atoms with van der Waals surface area (Å²) < 4.78 is 0. The van der Waals surface area contributed by atoms with Crippen LogP contribution in [0.25, 0.3) is 0 Å². The number of carbonyl (C=O) groups excluding carboxylic acids is 3. The molecule has 0 radical (unpaired) electrons. The lowest BCUT2D eigenvalue weighted by molar-refractivity contribution is -0.122. The average Bonchev–Trinajstić information content (AvgIpc) is 2.82. The largest absolute Gasteiger partial charge is 0.294 e. The maximum Gasteiger partial charge on any atom is 0.174 e. The van der Waals surface area contributed by atoms with Crippen LogP contribution in [0.2, 0.25) is 0 Å². The SMILES string of the molecule is CC(=O)c1ccc(CC2=CC(=O)C(c3c(C)cc(C)cc3C)C2=O)nc1. The van der Waals surface area contributed by atoms with Crippen molar-refractivity contribution in [2.45, 2.75) is 40.0 Å². The minimum atomic E-state index is -0.748. The molecule has 0 saturated carbocycles. The first-order chi connectivity index (χ1) is 12.3. The van der Waals surface area contributed by atoms with Crippen LogP contribution in [-0.4, -0.2) is 22.3 Å². The minimum absolute atomic E-state index is 0.0548. The summed E-state index contributed by atoms with van der Waals surface area (Å²) in [5, 5.41) is 0. The van der Waals surface area contributed by atoms with E-state index in [0.29, 0.717) is 23.3 Å². The monoisotopic (exact) mass is 347 g/mol. The summed E-state index contributed by atoms with van der Waals surface area (Å²) in [5.41, 5.74) is 5.53. The fourth-order valence-electron chi connectivity index (χ4n) is 3.63. The number of carbonyl (C=O) groups is 3. The Bertz CT molecular complexity index is 929. The summed E-state index contributed by atoms with van der Waals surface area (Å²) in [7, 11) is 0. The molecule has 4 heteroatoms. The zero-order chi connectivity index (χ0) is 19.0. The van der Waals surface area contributed by atoms with Crippen LogP contribution in [0.5, 0.6) is 0 Å². The number of aryl methyl sites for hydroxylation is 3. The summed E-state index contributed by atoms with van der Waals surface area (Å²) in [4.78, 5) is 41.0. The van der Waals surface area contributed by atoms with Crippen molar-refractivity contribution in [1.29, 1.82) is 0 Å². The lowest BCUT2D eigenvalue weighted by Gasteiger charge is -2.16. The summed E-state index contributed by atoms with van der Waals surface area (Å²) in [6, 6.07) is 7.43. The molecule has 132 valence electrons. The van der Waals surface area contributed by atoms with Gasteiger partial charge in [-0.2, -0.15) is 0 Å². The molecule has 0 spiro atoms. The molecule has 26 heavy (non-hydrogen) atoms. The number of allylic oxidation sites excluding steroid dienone is 2. The minimum Gasteiger partial charge on any atom is -0.294 e. The maximum absolute atomic E-state index is 12.9. The van der Waals surface area contributed by atoms with Gasteiger partial charge in [-0.05, 0) is 62.6 Å². The molecule has 0 N–H and O–H groups in total. The second-order valence-corrected chi connectivity index (χ2v) is 6.95. The first-order valence-electron chi connectivity index (χ1n) is 8.60. The number of hydrogen-bond acceptors (Lipinski definition) is 4. The highest BCUT2D eigenvalue weighted by atomic mass is 16.2. The number of Topliss-reactive ketones (excluding diaryl/α,β-unsaturated/α-hetero) is 2. The zero-order valence-electron chi connectivity index (χ0n) is 15.4. The van der Waals surface area contributed by atoms with Crippen LogP contribution in [0.3, 0.4) is 0 Å². The van der Waals surface area contributed by atoms with Crippen LogP contribution in [0, 0.1) is 20.8 Å². The van der Waals surface area contributed by atoms with E-state index in [2.05, 4.69) is 4.98 Å². The molecular weight excluding hydrogens is 326 g/mol. The van der Waals surface area contributed by atoms with Gasteiger partial charge < -0.3 is 0 Å². The Morgan fingerprint density at radius 3 is 2.27 bits per heavy atom. The Morgan fingerprint density at radius 1 is 1.08 bits per heavy atom. The van der Waals surface area contributed by atoms with E-state index in [-0.39, 0.29) is 17.3 Å². The van der Waals surface area contributed by atoms with E-state index in [4.69, 9.17) is 0 Å². The van der Waals surface area contributed by atoms with Gasteiger partial charge in [-0.25, -0.2) is 0 Å². The molecule has 1 aliphatic rings. The number of ketones is 3. The van der Waals surface area contributed by atoms with Gasteiger partial charge in [0.25, 0.3) is 0 Å². The molecule has 0 fully saturated rings. The maximum atomic E-state index is 12.9. The Labute approximate surface area is 153 Å². The molecule has 3 rings (SSSR count). The fraction of sp³-hybridized carbons (Fsp3) is 0.273. The second-order valence-electron chi connectivity index (χ2n) is 6.95. The van der Waals surface area contributed by atoms with Crippen LogP contribution in [0.1, 0.15) is 51.1 Å². The van der Waals surface area contributed by atoms with Gasteiger partial charge in [-0.3, -0.25) is 19.4 Å². The summed E-state index contributed by atoms with van der Waals surface area (Å²) in [5.74, 6) is -1.12. The smallest absolute Gasteiger partial charge is 0.174 e. The van der Waals surface area contributed by atoms with Crippen LogP contribution >= 0.6 is 0 Å². The highest BCUT2D eigenvalue weighted by Gasteiger charge is 2.37. The molecule has 0 amide bonds. The van der Waals surface area contributed by atoms with Crippen molar-refractivity contribution in [2.24, 2.45) is 0 Å². The van der Waals surface area contributed by atoms with Gasteiger partial charge in [0.1, 0.15) is 5.92 Å². The van der Waals surface area contributed by atoms with E-state index >= 15 is 0 Å². The van der Waals surface area contributed by atoms with Crippen molar-refractivity contribution in [2.75, 3.05) is 0 Å². The summed E-state index contributed by atoms with van der Waals surface area (Å²) in [6.45, 7) is 7.36. The third-order valence-corrected chi connectivity index (χ3v) is 4.81. The highest BCUT2D eigenvalue weighted by Crippen LogP contribution is 2.34. The lowest BCUT2D eigenvalue weighted by Crippen LogP contribution is -2.18. The first-order valence-corrected chi connectivity index (χ1v) is 8.60. The molecule has 1 aromatic carbocycles. The Morgan fingerprint density at radius 2 is 1.73 bits per heavy atom.